The van der Waals surface area contributed by atoms with Crippen LogP contribution in [0.1, 0.15) is 70.2 Å². The van der Waals surface area contributed by atoms with Gasteiger partial charge in [-0.2, -0.15) is 19.2 Å². The van der Waals surface area contributed by atoms with E-state index in [0.29, 0.717) is 24.2 Å². The monoisotopic (exact) mass is 610 g/mol. The number of carbonyl (C=O) groups excluding carboxylic acids is 9. The predicted octanol–water partition coefficient (Wildman–Crippen LogP) is 2.98. The van der Waals surface area contributed by atoms with Gasteiger partial charge in [-0.3, -0.25) is 24.0 Å². The van der Waals surface area contributed by atoms with Crippen LogP contribution in [0.2, 0.25) is 0 Å². The highest BCUT2D eigenvalue weighted by molar-refractivity contribution is 6.17. The van der Waals surface area contributed by atoms with E-state index in [-0.39, 0.29) is 49.9 Å². The van der Waals surface area contributed by atoms with Crippen molar-refractivity contribution in [3.8, 4) is 0 Å². The van der Waals surface area contributed by atoms with Gasteiger partial charge in [0.1, 0.15) is 11.3 Å². The van der Waals surface area contributed by atoms with Crippen molar-refractivity contribution in [2.24, 2.45) is 11.3 Å². The molecular formula is C32H34O12. The summed E-state index contributed by atoms with van der Waals surface area (Å²) in [6.45, 7) is 9.60. The number of rotatable bonds is 7. The second-order valence-corrected chi connectivity index (χ2v) is 9.65. The molecule has 0 N–H and O–H groups in total. The molecule has 0 saturated heterocycles. The van der Waals surface area contributed by atoms with Crippen LogP contribution in [0, 0.1) is 25.2 Å². The van der Waals surface area contributed by atoms with Crippen molar-refractivity contribution in [1.82, 2.24) is 0 Å². The topological polar surface area (TPSA) is 181 Å². The fourth-order valence-electron chi connectivity index (χ4n) is 4.86. The molecule has 2 atom stereocenters. The number of ether oxygens (including phenoxy) is 3. The van der Waals surface area contributed by atoms with Gasteiger partial charge in [-0.15, -0.1) is 0 Å². The minimum Gasteiger partial charge on any atom is -0.466 e. The van der Waals surface area contributed by atoms with E-state index in [1.165, 1.54) is 0 Å². The highest BCUT2D eigenvalue weighted by atomic mass is 16.5. The lowest BCUT2D eigenvalue weighted by molar-refractivity contribution is -0.193. The molecule has 0 radical (unpaired) electrons. The molecule has 0 aromatic heterocycles. The Balaban J connectivity index is 0.000000385. The van der Waals surface area contributed by atoms with Crippen LogP contribution >= 0.6 is 0 Å². The maximum atomic E-state index is 12.8. The van der Waals surface area contributed by atoms with Crippen molar-refractivity contribution in [1.29, 1.82) is 0 Å². The Morgan fingerprint density at radius 2 is 1.27 bits per heavy atom. The summed E-state index contributed by atoms with van der Waals surface area (Å²) in [6, 6.07) is 11.2. The highest BCUT2D eigenvalue weighted by Gasteiger charge is 2.54. The lowest BCUT2D eigenvalue weighted by Gasteiger charge is -2.23. The summed E-state index contributed by atoms with van der Waals surface area (Å²) < 4.78 is 14.9. The first-order chi connectivity index (χ1) is 20.9. The van der Waals surface area contributed by atoms with Crippen molar-refractivity contribution in [2.45, 2.75) is 53.9 Å². The molecule has 2 aromatic carbocycles. The van der Waals surface area contributed by atoms with Crippen LogP contribution in [-0.4, -0.2) is 61.6 Å². The van der Waals surface area contributed by atoms with Gasteiger partial charge in [0.15, 0.2) is 11.6 Å². The quantitative estimate of drug-likeness (QED) is 0.254. The van der Waals surface area contributed by atoms with E-state index in [9.17, 15) is 24.0 Å². The zero-order valence-electron chi connectivity index (χ0n) is 25.2. The summed E-state index contributed by atoms with van der Waals surface area (Å²) in [6.07, 6.45) is 0.874. The number of aryl methyl sites for hydroxylation is 2. The average Bonchev–Trinajstić information content (AvgIpc) is 3.44. The highest BCUT2D eigenvalue weighted by Crippen LogP contribution is 2.41. The Kier molecular flexibility index (Phi) is 15.0. The molecule has 0 bridgehead atoms. The number of hydrogen-bond acceptors (Lipinski definition) is 12. The lowest BCUT2D eigenvalue weighted by Crippen LogP contribution is -2.41. The molecule has 0 fully saturated rings. The number of ketones is 2. The van der Waals surface area contributed by atoms with Crippen LogP contribution < -0.4 is 0 Å². The molecule has 0 heterocycles. The number of esters is 3. The van der Waals surface area contributed by atoms with E-state index in [4.69, 9.17) is 33.4 Å². The number of carbonyl (C=O) groups is 5. The molecule has 0 amide bonds. The second kappa shape index (κ2) is 17.8. The third-order valence-corrected chi connectivity index (χ3v) is 6.70. The van der Waals surface area contributed by atoms with Crippen molar-refractivity contribution in [2.75, 3.05) is 19.8 Å². The summed E-state index contributed by atoms with van der Waals surface area (Å²) in [5, 5.41) is 0. The first-order valence-corrected chi connectivity index (χ1v) is 13.7. The van der Waals surface area contributed by atoms with Crippen molar-refractivity contribution < 1.29 is 57.4 Å². The molecule has 234 valence electrons. The van der Waals surface area contributed by atoms with Gasteiger partial charge < -0.3 is 14.2 Å². The van der Waals surface area contributed by atoms with E-state index >= 15 is 0 Å². The summed E-state index contributed by atoms with van der Waals surface area (Å²) >= 11 is 0. The van der Waals surface area contributed by atoms with Crippen LogP contribution in [0.15, 0.2) is 36.4 Å². The zero-order chi connectivity index (χ0) is 33.4. The van der Waals surface area contributed by atoms with Gasteiger partial charge in [0, 0.05) is 11.1 Å². The first kappa shape index (κ1) is 37.0. The summed E-state index contributed by atoms with van der Waals surface area (Å²) in [4.78, 5) is 93.2. The van der Waals surface area contributed by atoms with Crippen LogP contribution in [-0.2, 0) is 60.6 Å². The summed E-state index contributed by atoms with van der Waals surface area (Å²) in [5.41, 5.74) is 3.38. The summed E-state index contributed by atoms with van der Waals surface area (Å²) in [7, 11) is 0. The van der Waals surface area contributed by atoms with Crippen LogP contribution in [0.25, 0.3) is 0 Å². The zero-order valence-corrected chi connectivity index (χ0v) is 25.2. The van der Waals surface area contributed by atoms with Gasteiger partial charge in [0.2, 0.25) is 0 Å². The van der Waals surface area contributed by atoms with E-state index in [2.05, 4.69) is 0 Å². The Hall–Kier alpha value is -5.05. The largest absolute Gasteiger partial charge is 0.466 e. The van der Waals surface area contributed by atoms with E-state index in [1.807, 2.05) is 44.2 Å². The average molecular weight is 611 g/mol. The second-order valence-electron chi connectivity index (χ2n) is 9.65. The van der Waals surface area contributed by atoms with Gasteiger partial charge in [-0.1, -0.05) is 35.4 Å². The Labute approximate surface area is 254 Å². The molecule has 44 heavy (non-hydrogen) atoms. The normalized spacial score (nSPS) is 16.9. The number of Topliss-reactive ketones (excluding diaryl/α,β-unsaturated/α-hetero) is 2. The van der Waals surface area contributed by atoms with Crippen LogP contribution in [0.5, 0.6) is 0 Å². The molecule has 0 aliphatic heterocycles. The molecule has 2 unspecified atom stereocenters. The Bertz CT molecular complexity index is 1430. The Morgan fingerprint density at radius 1 is 0.773 bits per heavy atom. The molecule has 12 nitrogen and oxygen atoms in total. The van der Waals surface area contributed by atoms with E-state index in [0.717, 1.165) is 22.3 Å². The molecule has 0 spiro atoms. The molecule has 2 aliphatic rings. The maximum absolute atomic E-state index is 12.8. The van der Waals surface area contributed by atoms with Gasteiger partial charge in [0.25, 0.3) is 0 Å². The number of fused-ring (bicyclic) bond motifs is 2. The van der Waals surface area contributed by atoms with Crippen molar-refractivity contribution in [3.63, 3.8) is 0 Å². The third kappa shape index (κ3) is 9.22. The predicted molar refractivity (Wildman–Crippen MR) is 149 cm³/mol. The fourth-order valence-corrected chi connectivity index (χ4v) is 4.86. The molecule has 2 aliphatic carbocycles. The lowest BCUT2D eigenvalue weighted by atomic mass is 9.80. The standard InChI is InChI=1S/C17H20O5.C13H14O3.2CO2/c1-4-21-14(18)10-17(16(20)22-5-2)9-12-7-6-11(3)8-13(12)15(17)19;1-3-16-13(15)11-7-9-5-4-8(2)6-10(9)12(11)14;2*2-1-3/h6-8H,4-5,9-10H2,1-3H3;4-6,11H,3,7H2,1-2H3;;. The minimum absolute atomic E-state index is 0.0999. The van der Waals surface area contributed by atoms with Crippen molar-refractivity contribution >= 4 is 41.8 Å². The third-order valence-electron chi connectivity index (χ3n) is 6.70. The van der Waals surface area contributed by atoms with Gasteiger partial charge in [0.05, 0.1) is 26.2 Å². The first-order valence-electron chi connectivity index (χ1n) is 13.7. The maximum Gasteiger partial charge on any atom is 0.373 e. The number of hydrogen-bond donors (Lipinski definition) is 0. The fraction of sp³-hybridized carbons (Fsp3) is 0.406. The summed E-state index contributed by atoms with van der Waals surface area (Å²) in [5.74, 6) is -2.69. The molecule has 0 saturated carbocycles. The van der Waals surface area contributed by atoms with Gasteiger partial charge in [-0.25, -0.2) is 0 Å². The molecule has 2 aromatic rings. The minimum atomic E-state index is -1.49. The number of benzene rings is 2. The SMILES string of the molecule is CCOC(=O)C1Cc2ccc(C)cc2C1=O.CCOC(=O)CC1(C(=O)OCC)Cc2ccc(C)cc2C1=O.O=C=O.O=C=O. The Morgan fingerprint density at radius 3 is 1.80 bits per heavy atom. The van der Waals surface area contributed by atoms with Crippen molar-refractivity contribution in [3.05, 3.63) is 69.8 Å². The molecule has 12 heteroatoms. The van der Waals surface area contributed by atoms with Crippen LogP contribution in [0.3, 0.4) is 0 Å². The van der Waals surface area contributed by atoms with E-state index in [1.54, 1.807) is 26.8 Å². The van der Waals surface area contributed by atoms with E-state index < -0.39 is 29.2 Å². The van der Waals surface area contributed by atoms with Gasteiger partial charge in [-0.05, 0) is 70.7 Å². The molecule has 4 rings (SSSR count). The van der Waals surface area contributed by atoms with Gasteiger partial charge >= 0.3 is 30.2 Å². The molecular weight excluding hydrogens is 576 g/mol. The van der Waals surface area contributed by atoms with Crippen LogP contribution in [0.4, 0.5) is 0 Å². The smallest absolute Gasteiger partial charge is 0.373 e.